The first kappa shape index (κ1) is 13.3. The van der Waals surface area contributed by atoms with Crippen LogP contribution in [0.15, 0.2) is 0 Å². The fourth-order valence-electron chi connectivity index (χ4n) is 2.85. The van der Waals surface area contributed by atoms with E-state index in [9.17, 15) is 0 Å². The fraction of sp³-hybridized carbons (Fsp3) is 0.692. The Morgan fingerprint density at radius 3 is 2.56 bits per heavy atom. The topological polar surface area (TPSA) is 47.1 Å². The van der Waals surface area contributed by atoms with Crippen LogP contribution in [-0.4, -0.2) is 27.9 Å². The van der Waals surface area contributed by atoms with Crippen LogP contribution < -0.4 is 10.6 Å². The maximum Gasteiger partial charge on any atom is 0.137 e. The zero-order chi connectivity index (χ0) is 13.3. The summed E-state index contributed by atoms with van der Waals surface area (Å²) in [6.07, 6.45) is 3.77. The molecule has 4 nitrogen and oxygen atoms in total. The van der Waals surface area contributed by atoms with E-state index in [1.54, 1.807) is 0 Å². The maximum absolute atomic E-state index is 5.84. The van der Waals surface area contributed by atoms with Gasteiger partial charge >= 0.3 is 0 Å². The number of anilines is 1. The van der Waals surface area contributed by atoms with E-state index in [0.717, 1.165) is 36.1 Å². The molecule has 1 saturated heterocycles. The van der Waals surface area contributed by atoms with Gasteiger partial charge in [-0.05, 0) is 25.7 Å². The highest BCUT2D eigenvalue weighted by molar-refractivity contribution is 7.80. The number of aromatic nitrogens is 2. The van der Waals surface area contributed by atoms with Gasteiger partial charge in [-0.15, -0.1) is 0 Å². The highest BCUT2D eigenvalue weighted by Gasteiger charge is 2.25. The Hall–Kier alpha value is -1.10. The number of nitrogens with two attached hydrogens (primary N) is 1. The SMILES string of the molecule is CCC1CCN(c2c(C(N)=S)c(C)nn2C)CC1. The summed E-state index contributed by atoms with van der Waals surface area (Å²) in [5.41, 5.74) is 7.72. The van der Waals surface area contributed by atoms with Crippen molar-refractivity contribution in [2.75, 3.05) is 18.0 Å². The molecule has 0 bridgehead atoms. The van der Waals surface area contributed by atoms with Gasteiger partial charge in [0.2, 0.25) is 0 Å². The van der Waals surface area contributed by atoms with Crippen LogP contribution in [0, 0.1) is 12.8 Å². The Morgan fingerprint density at radius 2 is 2.06 bits per heavy atom. The fourth-order valence-corrected chi connectivity index (χ4v) is 3.09. The average molecular weight is 266 g/mol. The molecule has 1 fully saturated rings. The molecular formula is C13H22N4S. The third kappa shape index (κ3) is 2.36. The number of thiocarbonyl (C=S) groups is 1. The molecule has 1 aliphatic rings. The highest BCUT2D eigenvalue weighted by Crippen LogP contribution is 2.28. The van der Waals surface area contributed by atoms with Crippen LogP contribution >= 0.6 is 12.2 Å². The van der Waals surface area contributed by atoms with Crippen LogP contribution in [0.2, 0.25) is 0 Å². The van der Waals surface area contributed by atoms with Gasteiger partial charge in [0, 0.05) is 20.1 Å². The van der Waals surface area contributed by atoms with Crippen molar-refractivity contribution in [1.29, 1.82) is 0 Å². The summed E-state index contributed by atoms with van der Waals surface area (Å²) in [4.78, 5) is 2.83. The van der Waals surface area contributed by atoms with Gasteiger partial charge in [0.1, 0.15) is 10.8 Å². The van der Waals surface area contributed by atoms with Crippen LogP contribution in [0.3, 0.4) is 0 Å². The molecule has 2 N–H and O–H groups in total. The molecular weight excluding hydrogens is 244 g/mol. The van der Waals surface area contributed by atoms with Crippen LogP contribution in [0.5, 0.6) is 0 Å². The molecule has 1 aliphatic heterocycles. The first-order valence-corrected chi connectivity index (χ1v) is 7.03. The molecule has 1 aromatic heterocycles. The third-order valence-electron chi connectivity index (χ3n) is 3.93. The second-order valence-corrected chi connectivity index (χ2v) is 5.55. The predicted molar refractivity (Wildman–Crippen MR) is 79.1 cm³/mol. The van der Waals surface area contributed by atoms with Crippen LogP contribution in [0.1, 0.15) is 37.4 Å². The molecule has 0 saturated carbocycles. The minimum absolute atomic E-state index is 0.452. The Balaban J connectivity index is 2.26. The smallest absolute Gasteiger partial charge is 0.137 e. The molecule has 0 radical (unpaired) electrons. The molecule has 2 heterocycles. The normalized spacial score (nSPS) is 17.2. The van der Waals surface area contributed by atoms with E-state index in [1.807, 2.05) is 18.7 Å². The maximum atomic E-state index is 5.84. The number of hydrogen-bond donors (Lipinski definition) is 1. The first-order chi connectivity index (χ1) is 8.54. The van der Waals surface area contributed by atoms with Gasteiger partial charge in [-0.3, -0.25) is 4.68 Å². The Kier molecular flexibility index (Phi) is 3.90. The number of nitrogens with zero attached hydrogens (tertiary/aromatic N) is 3. The van der Waals surface area contributed by atoms with Crippen molar-refractivity contribution >= 4 is 23.0 Å². The molecule has 0 aliphatic carbocycles. The Labute approximate surface area is 114 Å². The van der Waals surface area contributed by atoms with Gasteiger partial charge in [-0.1, -0.05) is 25.6 Å². The summed E-state index contributed by atoms with van der Waals surface area (Å²) in [7, 11) is 1.97. The van der Waals surface area contributed by atoms with E-state index in [1.165, 1.54) is 19.3 Å². The van der Waals surface area contributed by atoms with Crippen molar-refractivity contribution in [3.63, 3.8) is 0 Å². The van der Waals surface area contributed by atoms with Crippen molar-refractivity contribution in [3.8, 4) is 0 Å². The second-order valence-electron chi connectivity index (χ2n) is 5.11. The predicted octanol–water partition coefficient (Wildman–Crippen LogP) is 1.99. The van der Waals surface area contributed by atoms with E-state index in [0.29, 0.717) is 4.99 Å². The van der Waals surface area contributed by atoms with E-state index < -0.39 is 0 Å². The van der Waals surface area contributed by atoms with Crippen molar-refractivity contribution in [2.24, 2.45) is 18.7 Å². The zero-order valence-electron chi connectivity index (χ0n) is 11.4. The number of piperidine rings is 1. The van der Waals surface area contributed by atoms with Gasteiger partial charge in [0.25, 0.3) is 0 Å². The quantitative estimate of drug-likeness (QED) is 0.850. The summed E-state index contributed by atoms with van der Waals surface area (Å²) < 4.78 is 1.91. The molecule has 5 heteroatoms. The molecule has 0 spiro atoms. The molecule has 0 unspecified atom stereocenters. The van der Waals surface area contributed by atoms with Gasteiger partial charge in [0.05, 0.1) is 11.3 Å². The minimum atomic E-state index is 0.452. The lowest BCUT2D eigenvalue weighted by molar-refractivity contribution is 0.391. The summed E-state index contributed by atoms with van der Waals surface area (Å²) in [5, 5.41) is 4.45. The van der Waals surface area contributed by atoms with Gasteiger partial charge in [-0.25, -0.2) is 0 Å². The van der Waals surface area contributed by atoms with Gasteiger partial charge in [0.15, 0.2) is 0 Å². The lowest BCUT2D eigenvalue weighted by atomic mass is 9.94. The molecule has 0 amide bonds. The second kappa shape index (κ2) is 5.26. The first-order valence-electron chi connectivity index (χ1n) is 6.63. The van der Waals surface area contributed by atoms with E-state index >= 15 is 0 Å². The summed E-state index contributed by atoms with van der Waals surface area (Å²) >= 11 is 5.16. The van der Waals surface area contributed by atoms with Gasteiger partial charge < -0.3 is 10.6 Å². The van der Waals surface area contributed by atoms with Crippen molar-refractivity contribution < 1.29 is 0 Å². The lowest BCUT2D eigenvalue weighted by Crippen LogP contribution is -2.36. The van der Waals surface area contributed by atoms with Crippen LogP contribution in [0.25, 0.3) is 0 Å². The zero-order valence-corrected chi connectivity index (χ0v) is 12.3. The number of hydrogen-bond acceptors (Lipinski definition) is 3. The largest absolute Gasteiger partial charge is 0.389 e. The van der Waals surface area contributed by atoms with Crippen LogP contribution in [0.4, 0.5) is 5.82 Å². The van der Waals surface area contributed by atoms with E-state index in [2.05, 4.69) is 16.9 Å². The standard InChI is InChI=1S/C13H22N4S/c1-4-10-5-7-17(8-6-10)13-11(12(14)18)9(2)15-16(13)3/h10H,4-8H2,1-3H3,(H2,14,18). The number of aryl methyl sites for hydroxylation is 2. The molecule has 100 valence electrons. The number of rotatable bonds is 3. The van der Waals surface area contributed by atoms with E-state index in [4.69, 9.17) is 18.0 Å². The highest BCUT2D eigenvalue weighted by atomic mass is 32.1. The van der Waals surface area contributed by atoms with Crippen molar-refractivity contribution in [1.82, 2.24) is 9.78 Å². The monoisotopic (exact) mass is 266 g/mol. The molecule has 1 aromatic rings. The summed E-state index contributed by atoms with van der Waals surface area (Å²) in [5.74, 6) is 1.96. The van der Waals surface area contributed by atoms with Crippen molar-refractivity contribution in [3.05, 3.63) is 11.3 Å². The molecule has 2 rings (SSSR count). The minimum Gasteiger partial charge on any atom is -0.389 e. The molecule has 18 heavy (non-hydrogen) atoms. The molecule has 0 atom stereocenters. The summed E-state index contributed by atoms with van der Waals surface area (Å²) in [6, 6.07) is 0. The molecule has 0 aromatic carbocycles. The van der Waals surface area contributed by atoms with Crippen LogP contribution in [-0.2, 0) is 7.05 Å². The Bertz CT molecular complexity index is 444. The van der Waals surface area contributed by atoms with E-state index in [-0.39, 0.29) is 0 Å². The average Bonchev–Trinajstić information content (AvgIpc) is 2.64. The Morgan fingerprint density at radius 1 is 1.44 bits per heavy atom. The summed E-state index contributed by atoms with van der Waals surface area (Å²) in [6.45, 7) is 6.39. The third-order valence-corrected chi connectivity index (χ3v) is 4.13. The lowest BCUT2D eigenvalue weighted by Gasteiger charge is -2.33. The van der Waals surface area contributed by atoms with Crippen molar-refractivity contribution in [2.45, 2.75) is 33.1 Å². The van der Waals surface area contributed by atoms with Gasteiger partial charge in [-0.2, -0.15) is 5.10 Å².